The second-order valence-corrected chi connectivity index (χ2v) is 8.81. The molecule has 1 aliphatic heterocycles. The lowest BCUT2D eigenvalue weighted by Gasteiger charge is -2.43. The minimum Gasteiger partial charge on any atom is -0.383 e. The molecule has 32 heavy (non-hydrogen) atoms. The van der Waals surface area contributed by atoms with Crippen molar-refractivity contribution in [1.82, 2.24) is 5.01 Å². The molecule has 4 rings (SSSR count). The maximum absolute atomic E-state index is 13.4. The summed E-state index contributed by atoms with van der Waals surface area (Å²) in [5.74, 6) is -0.517. The van der Waals surface area contributed by atoms with Crippen molar-refractivity contribution in [2.75, 3.05) is 5.43 Å². The van der Waals surface area contributed by atoms with Crippen molar-refractivity contribution < 1.29 is 9.72 Å². The highest BCUT2D eigenvalue weighted by Crippen LogP contribution is 2.49. The molecule has 0 aromatic heterocycles. The first-order valence-electron chi connectivity index (χ1n) is 10.2. The molecule has 1 atom stereocenters. The van der Waals surface area contributed by atoms with Gasteiger partial charge >= 0.3 is 0 Å². The van der Waals surface area contributed by atoms with E-state index in [4.69, 9.17) is 5.73 Å². The number of nitriles is 1. The minimum atomic E-state index is -0.673. The number of hydrazine groups is 1. The molecular weight excluding hydrogens is 406 g/mol. The highest BCUT2D eigenvalue weighted by molar-refractivity contribution is 6.00. The van der Waals surface area contributed by atoms with Crippen LogP contribution >= 0.6 is 0 Å². The Morgan fingerprint density at radius 3 is 2.41 bits per heavy atom. The summed E-state index contributed by atoms with van der Waals surface area (Å²) in [7, 11) is 0. The lowest BCUT2D eigenvalue weighted by Crippen LogP contribution is -2.44. The molecule has 8 heteroatoms. The number of nitro groups is 1. The summed E-state index contributed by atoms with van der Waals surface area (Å²) in [6, 6.07) is 17.5. The van der Waals surface area contributed by atoms with Crippen LogP contribution in [-0.4, -0.2) is 15.7 Å². The predicted molar refractivity (Wildman–Crippen MR) is 120 cm³/mol. The van der Waals surface area contributed by atoms with E-state index in [2.05, 4.69) is 11.5 Å². The predicted octanol–water partition coefficient (Wildman–Crippen LogP) is 4.36. The van der Waals surface area contributed by atoms with Gasteiger partial charge in [0.25, 0.3) is 5.69 Å². The molecule has 0 radical (unpaired) electrons. The van der Waals surface area contributed by atoms with Crippen molar-refractivity contribution in [3.05, 3.63) is 92.9 Å². The number of allylic oxidation sites excluding steroid dienone is 3. The zero-order chi connectivity index (χ0) is 23.0. The number of benzene rings is 2. The first-order valence-corrected chi connectivity index (χ1v) is 10.2. The van der Waals surface area contributed by atoms with Gasteiger partial charge < -0.3 is 5.73 Å². The average molecular weight is 429 g/mol. The summed E-state index contributed by atoms with van der Waals surface area (Å²) >= 11 is 0. The number of ketones is 1. The normalized spacial score (nSPS) is 20.0. The number of Topliss-reactive ketones (excluding diaryl/α,β-unsaturated/α-hetero) is 1. The lowest BCUT2D eigenvalue weighted by molar-refractivity contribution is -0.384. The van der Waals surface area contributed by atoms with Crippen LogP contribution in [0.2, 0.25) is 0 Å². The fraction of sp³-hybridized carbons (Fsp3) is 0.250. The number of carbonyl (C=O) groups excluding carboxylic acids is 1. The van der Waals surface area contributed by atoms with Gasteiger partial charge in [-0.1, -0.05) is 44.2 Å². The van der Waals surface area contributed by atoms with Crippen molar-refractivity contribution in [1.29, 1.82) is 5.26 Å². The molecule has 0 saturated carbocycles. The van der Waals surface area contributed by atoms with Crippen molar-refractivity contribution in [2.45, 2.75) is 32.6 Å². The van der Waals surface area contributed by atoms with Crippen LogP contribution in [0.5, 0.6) is 0 Å². The van der Waals surface area contributed by atoms with E-state index in [1.165, 1.54) is 12.1 Å². The third-order valence-electron chi connectivity index (χ3n) is 5.83. The summed E-state index contributed by atoms with van der Waals surface area (Å²) in [5, 5.41) is 22.7. The van der Waals surface area contributed by atoms with Gasteiger partial charge in [0.1, 0.15) is 5.82 Å². The monoisotopic (exact) mass is 429 g/mol. The standard InChI is InChI=1S/C24H23N5O3/c1-24(2)12-19-22(20(30)13-24)21(15-8-10-17(11-9-15)29(31)32)18(14-25)23(26)28(19)27-16-6-4-3-5-7-16/h3-11,21,27H,12-13,26H2,1-2H3/t21-/m1/s1. The molecule has 0 saturated heterocycles. The van der Waals surface area contributed by atoms with Crippen molar-refractivity contribution in [3.8, 4) is 6.07 Å². The van der Waals surface area contributed by atoms with Crippen LogP contribution in [-0.2, 0) is 4.79 Å². The number of hydrogen-bond acceptors (Lipinski definition) is 7. The summed E-state index contributed by atoms with van der Waals surface area (Å²) in [6.45, 7) is 4.05. The van der Waals surface area contributed by atoms with E-state index in [-0.39, 0.29) is 28.3 Å². The zero-order valence-corrected chi connectivity index (χ0v) is 17.8. The molecule has 0 unspecified atom stereocenters. The van der Waals surface area contributed by atoms with Crippen LogP contribution < -0.4 is 11.2 Å². The van der Waals surface area contributed by atoms with Crippen LogP contribution in [0.4, 0.5) is 11.4 Å². The molecule has 8 nitrogen and oxygen atoms in total. The Balaban J connectivity index is 1.89. The van der Waals surface area contributed by atoms with Crippen LogP contribution in [0.25, 0.3) is 0 Å². The van der Waals surface area contributed by atoms with E-state index in [0.717, 1.165) is 11.4 Å². The molecule has 0 fully saturated rings. The van der Waals surface area contributed by atoms with Gasteiger partial charge in [0.2, 0.25) is 0 Å². The Labute approximate surface area is 185 Å². The molecule has 1 aliphatic carbocycles. The number of carbonyl (C=O) groups is 1. The number of nitro benzene ring substituents is 1. The van der Waals surface area contributed by atoms with E-state index >= 15 is 0 Å². The van der Waals surface area contributed by atoms with E-state index in [1.54, 1.807) is 17.1 Å². The Kier molecular flexibility index (Phi) is 5.18. The van der Waals surface area contributed by atoms with Crippen LogP contribution in [0.15, 0.2) is 77.3 Å². The van der Waals surface area contributed by atoms with Crippen molar-refractivity contribution in [3.63, 3.8) is 0 Å². The molecule has 0 bridgehead atoms. The smallest absolute Gasteiger partial charge is 0.269 e. The number of nitrogens with one attached hydrogen (secondary N) is 1. The Morgan fingerprint density at radius 2 is 1.81 bits per heavy atom. The van der Waals surface area contributed by atoms with Crippen molar-refractivity contribution in [2.24, 2.45) is 11.1 Å². The largest absolute Gasteiger partial charge is 0.383 e. The molecule has 0 spiro atoms. The van der Waals surface area contributed by atoms with Crippen molar-refractivity contribution >= 4 is 17.2 Å². The Bertz CT molecular complexity index is 1190. The molecule has 2 aromatic carbocycles. The fourth-order valence-corrected chi connectivity index (χ4v) is 4.40. The van der Waals surface area contributed by atoms with Gasteiger partial charge in [-0.15, -0.1) is 0 Å². The quantitative estimate of drug-likeness (QED) is 0.546. The number of nitrogens with zero attached hydrogens (tertiary/aromatic N) is 3. The van der Waals surface area contributed by atoms with Gasteiger partial charge in [-0.2, -0.15) is 5.26 Å². The Hall–Kier alpha value is -4.12. The maximum Gasteiger partial charge on any atom is 0.269 e. The number of nitrogens with two attached hydrogens (primary N) is 1. The molecule has 162 valence electrons. The molecule has 0 amide bonds. The SMILES string of the molecule is CC1(C)CC(=O)C2=C(C1)N(Nc1ccccc1)C(N)=C(C#N)[C@H]2c1ccc([N+](=O)[O-])cc1. The zero-order valence-electron chi connectivity index (χ0n) is 17.8. The number of anilines is 1. The molecule has 2 aromatic rings. The fourth-order valence-electron chi connectivity index (χ4n) is 4.40. The number of para-hydroxylation sites is 1. The number of non-ortho nitro benzene ring substituents is 1. The first kappa shape index (κ1) is 21.1. The second-order valence-electron chi connectivity index (χ2n) is 8.81. The third-order valence-corrected chi connectivity index (χ3v) is 5.83. The average Bonchev–Trinajstić information content (AvgIpc) is 2.75. The van der Waals surface area contributed by atoms with E-state index in [1.807, 2.05) is 44.2 Å². The van der Waals surface area contributed by atoms with Gasteiger partial charge in [-0.3, -0.25) is 20.3 Å². The molecule has 3 N–H and O–H groups in total. The van der Waals surface area contributed by atoms with E-state index < -0.39 is 10.8 Å². The van der Waals surface area contributed by atoms with Gasteiger partial charge in [-0.25, -0.2) is 5.01 Å². The number of rotatable bonds is 4. The Morgan fingerprint density at radius 1 is 1.16 bits per heavy atom. The lowest BCUT2D eigenvalue weighted by atomic mass is 9.69. The maximum atomic E-state index is 13.4. The third kappa shape index (κ3) is 3.69. The van der Waals surface area contributed by atoms with Crippen LogP contribution in [0, 0.1) is 26.9 Å². The van der Waals surface area contributed by atoms with Crippen LogP contribution in [0.3, 0.4) is 0 Å². The van der Waals surface area contributed by atoms with E-state index in [0.29, 0.717) is 24.0 Å². The minimum absolute atomic E-state index is 0.0558. The topological polar surface area (TPSA) is 125 Å². The summed E-state index contributed by atoms with van der Waals surface area (Å²) in [5.41, 5.74) is 12.2. The first-order chi connectivity index (χ1) is 15.2. The summed E-state index contributed by atoms with van der Waals surface area (Å²) in [6.07, 6.45) is 0.921. The highest BCUT2D eigenvalue weighted by Gasteiger charge is 2.44. The van der Waals surface area contributed by atoms with Gasteiger partial charge in [-0.05, 0) is 29.5 Å². The van der Waals surface area contributed by atoms with Crippen LogP contribution in [0.1, 0.15) is 38.2 Å². The van der Waals surface area contributed by atoms with Gasteiger partial charge in [0, 0.05) is 24.1 Å². The molecule has 1 heterocycles. The summed E-state index contributed by atoms with van der Waals surface area (Å²) in [4.78, 5) is 24.0. The summed E-state index contributed by atoms with van der Waals surface area (Å²) < 4.78 is 0. The van der Waals surface area contributed by atoms with Gasteiger partial charge in [0.15, 0.2) is 5.78 Å². The van der Waals surface area contributed by atoms with Gasteiger partial charge in [0.05, 0.1) is 33.9 Å². The second kappa shape index (κ2) is 7.85. The number of hydrogen-bond donors (Lipinski definition) is 2. The highest BCUT2D eigenvalue weighted by atomic mass is 16.6. The molecule has 2 aliphatic rings. The van der Waals surface area contributed by atoms with E-state index in [9.17, 15) is 20.2 Å². The molecular formula is C24H23N5O3.